The second-order valence-electron chi connectivity index (χ2n) is 7.68. The molecule has 1 aromatic carbocycles. The lowest BCUT2D eigenvalue weighted by Crippen LogP contribution is -2.31. The SMILES string of the molecule is CCCc1noc(-c2cccnc2N2CCCN(Cc3ccccc3C)CC2)n1. The molecule has 1 aliphatic heterocycles. The van der Waals surface area contributed by atoms with E-state index in [1.54, 1.807) is 0 Å². The minimum absolute atomic E-state index is 0.567. The molecule has 6 heteroatoms. The number of nitrogens with zero attached hydrogens (tertiary/aromatic N) is 5. The van der Waals surface area contributed by atoms with Crippen molar-refractivity contribution >= 4 is 5.82 Å². The molecule has 0 N–H and O–H groups in total. The van der Waals surface area contributed by atoms with Crippen molar-refractivity contribution in [1.29, 1.82) is 0 Å². The number of hydrogen-bond donors (Lipinski definition) is 0. The van der Waals surface area contributed by atoms with Crippen LogP contribution in [0, 0.1) is 6.92 Å². The molecule has 3 heterocycles. The molecule has 1 fully saturated rings. The molecule has 0 saturated carbocycles. The van der Waals surface area contributed by atoms with Gasteiger partial charge in [-0.15, -0.1) is 0 Å². The normalized spacial score (nSPS) is 15.4. The van der Waals surface area contributed by atoms with Crippen LogP contribution in [0.2, 0.25) is 0 Å². The fourth-order valence-corrected chi connectivity index (χ4v) is 3.87. The van der Waals surface area contributed by atoms with Gasteiger partial charge in [-0.3, -0.25) is 4.90 Å². The summed E-state index contributed by atoms with van der Waals surface area (Å²) >= 11 is 0. The monoisotopic (exact) mass is 391 g/mol. The lowest BCUT2D eigenvalue weighted by atomic mass is 10.1. The van der Waals surface area contributed by atoms with Crippen LogP contribution in [-0.4, -0.2) is 46.2 Å². The van der Waals surface area contributed by atoms with Crippen LogP contribution in [0.5, 0.6) is 0 Å². The van der Waals surface area contributed by atoms with Crippen LogP contribution in [0.3, 0.4) is 0 Å². The highest BCUT2D eigenvalue weighted by Gasteiger charge is 2.21. The third kappa shape index (κ3) is 4.65. The van der Waals surface area contributed by atoms with Crippen molar-refractivity contribution in [2.24, 2.45) is 0 Å². The summed E-state index contributed by atoms with van der Waals surface area (Å²) in [5.74, 6) is 2.27. The number of anilines is 1. The highest BCUT2D eigenvalue weighted by Crippen LogP contribution is 2.28. The Kier molecular flexibility index (Phi) is 6.20. The molecule has 0 atom stereocenters. The van der Waals surface area contributed by atoms with Crippen LogP contribution < -0.4 is 4.90 Å². The van der Waals surface area contributed by atoms with E-state index in [0.29, 0.717) is 5.89 Å². The minimum atomic E-state index is 0.567. The largest absolute Gasteiger partial charge is 0.355 e. The highest BCUT2D eigenvalue weighted by molar-refractivity contribution is 5.69. The lowest BCUT2D eigenvalue weighted by molar-refractivity contribution is 0.285. The van der Waals surface area contributed by atoms with E-state index in [4.69, 9.17) is 4.52 Å². The Balaban J connectivity index is 1.49. The average molecular weight is 392 g/mol. The molecule has 0 bridgehead atoms. The minimum Gasteiger partial charge on any atom is -0.355 e. The summed E-state index contributed by atoms with van der Waals surface area (Å²) in [7, 11) is 0. The molecule has 152 valence electrons. The molecular formula is C23H29N5O. The van der Waals surface area contributed by atoms with Gasteiger partial charge in [0.2, 0.25) is 0 Å². The highest BCUT2D eigenvalue weighted by atomic mass is 16.5. The molecule has 29 heavy (non-hydrogen) atoms. The van der Waals surface area contributed by atoms with Crippen LogP contribution in [0.15, 0.2) is 47.1 Å². The third-order valence-electron chi connectivity index (χ3n) is 5.50. The first-order chi connectivity index (χ1) is 14.2. The van der Waals surface area contributed by atoms with E-state index in [0.717, 1.165) is 69.2 Å². The van der Waals surface area contributed by atoms with Crippen molar-refractivity contribution in [3.8, 4) is 11.5 Å². The molecule has 3 aromatic rings. The fourth-order valence-electron chi connectivity index (χ4n) is 3.87. The zero-order valence-corrected chi connectivity index (χ0v) is 17.3. The van der Waals surface area contributed by atoms with Gasteiger partial charge in [-0.05, 0) is 43.0 Å². The number of benzene rings is 1. The summed E-state index contributed by atoms with van der Waals surface area (Å²) in [5.41, 5.74) is 3.70. The summed E-state index contributed by atoms with van der Waals surface area (Å²) in [6, 6.07) is 12.6. The number of rotatable bonds is 6. The molecule has 0 spiro atoms. The molecule has 6 nitrogen and oxygen atoms in total. The average Bonchev–Trinajstić information content (AvgIpc) is 3.08. The molecule has 0 aliphatic carbocycles. The van der Waals surface area contributed by atoms with Gasteiger partial charge in [-0.1, -0.05) is 36.3 Å². The topological polar surface area (TPSA) is 58.3 Å². The van der Waals surface area contributed by atoms with Gasteiger partial charge in [-0.2, -0.15) is 4.98 Å². The molecule has 2 aromatic heterocycles. The quantitative estimate of drug-likeness (QED) is 0.630. The first kappa shape index (κ1) is 19.6. The summed E-state index contributed by atoms with van der Waals surface area (Å²) < 4.78 is 5.54. The van der Waals surface area contributed by atoms with Crippen molar-refractivity contribution in [1.82, 2.24) is 20.0 Å². The maximum Gasteiger partial charge on any atom is 0.261 e. The van der Waals surface area contributed by atoms with Gasteiger partial charge < -0.3 is 9.42 Å². The van der Waals surface area contributed by atoms with E-state index in [9.17, 15) is 0 Å². The zero-order chi connectivity index (χ0) is 20.1. The van der Waals surface area contributed by atoms with E-state index in [-0.39, 0.29) is 0 Å². The Morgan fingerprint density at radius 1 is 1.03 bits per heavy atom. The maximum absolute atomic E-state index is 5.54. The maximum atomic E-state index is 5.54. The molecule has 0 radical (unpaired) electrons. The van der Waals surface area contributed by atoms with Crippen LogP contribution >= 0.6 is 0 Å². The van der Waals surface area contributed by atoms with Crippen molar-refractivity contribution in [3.63, 3.8) is 0 Å². The number of pyridine rings is 1. The Morgan fingerprint density at radius 2 is 1.93 bits per heavy atom. The van der Waals surface area contributed by atoms with Crippen LogP contribution in [0.1, 0.15) is 36.7 Å². The molecular weight excluding hydrogens is 362 g/mol. The summed E-state index contributed by atoms with van der Waals surface area (Å²) in [5, 5.41) is 4.11. The Bertz CT molecular complexity index is 938. The predicted molar refractivity (Wildman–Crippen MR) is 115 cm³/mol. The summed E-state index contributed by atoms with van der Waals surface area (Å²) in [4.78, 5) is 14.1. The van der Waals surface area contributed by atoms with E-state index < -0.39 is 0 Å². The van der Waals surface area contributed by atoms with Gasteiger partial charge in [0.05, 0.1) is 5.56 Å². The van der Waals surface area contributed by atoms with E-state index in [2.05, 4.69) is 63.0 Å². The van der Waals surface area contributed by atoms with Crippen molar-refractivity contribution in [2.45, 2.75) is 39.7 Å². The van der Waals surface area contributed by atoms with Gasteiger partial charge in [-0.25, -0.2) is 4.98 Å². The predicted octanol–water partition coefficient (Wildman–Crippen LogP) is 4.10. The number of hydrogen-bond acceptors (Lipinski definition) is 6. The van der Waals surface area contributed by atoms with Crippen molar-refractivity contribution < 1.29 is 4.52 Å². The molecule has 0 unspecified atom stereocenters. The van der Waals surface area contributed by atoms with Gasteiger partial charge in [0, 0.05) is 45.3 Å². The fraction of sp³-hybridized carbons (Fsp3) is 0.435. The summed E-state index contributed by atoms with van der Waals surface area (Å²) in [6.45, 7) is 9.32. The van der Waals surface area contributed by atoms with E-state index in [1.165, 1.54) is 11.1 Å². The molecule has 0 amide bonds. The van der Waals surface area contributed by atoms with Crippen molar-refractivity contribution in [3.05, 3.63) is 59.5 Å². The first-order valence-corrected chi connectivity index (χ1v) is 10.5. The second kappa shape index (κ2) is 9.18. The van der Waals surface area contributed by atoms with Crippen LogP contribution in [0.4, 0.5) is 5.82 Å². The van der Waals surface area contributed by atoms with Gasteiger partial charge in [0.25, 0.3) is 5.89 Å². The van der Waals surface area contributed by atoms with Crippen molar-refractivity contribution in [2.75, 3.05) is 31.1 Å². The van der Waals surface area contributed by atoms with E-state index >= 15 is 0 Å². The Morgan fingerprint density at radius 3 is 2.79 bits per heavy atom. The Labute approximate surface area is 172 Å². The first-order valence-electron chi connectivity index (χ1n) is 10.5. The Hall–Kier alpha value is -2.73. The van der Waals surface area contributed by atoms with E-state index in [1.807, 2.05) is 18.3 Å². The smallest absolute Gasteiger partial charge is 0.261 e. The lowest BCUT2D eigenvalue weighted by Gasteiger charge is -2.24. The van der Waals surface area contributed by atoms with Gasteiger partial charge in [0.15, 0.2) is 5.82 Å². The molecule has 1 aliphatic rings. The van der Waals surface area contributed by atoms with Crippen LogP contribution in [0.25, 0.3) is 11.5 Å². The molecule has 4 rings (SSSR count). The van der Waals surface area contributed by atoms with Crippen LogP contribution in [-0.2, 0) is 13.0 Å². The number of aromatic nitrogens is 3. The zero-order valence-electron chi connectivity index (χ0n) is 17.3. The third-order valence-corrected chi connectivity index (χ3v) is 5.50. The summed E-state index contributed by atoms with van der Waals surface area (Å²) in [6.07, 6.45) is 4.78. The van der Waals surface area contributed by atoms with Gasteiger partial charge >= 0.3 is 0 Å². The number of aryl methyl sites for hydroxylation is 2. The molecule has 1 saturated heterocycles. The van der Waals surface area contributed by atoms with Gasteiger partial charge in [0.1, 0.15) is 5.82 Å². The standard InChI is InChI=1S/C23H29N5O/c1-3-8-21-25-23(29-26-21)20-11-6-12-24-22(20)28-14-7-13-27(15-16-28)17-19-10-5-4-9-18(19)2/h4-6,9-12H,3,7-8,13-17H2,1-2H3. The second-order valence-corrected chi connectivity index (χ2v) is 7.68.